The van der Waals surface area contributed by atoms with E-state index >= 15 is 0 Å². The normalized spacial score (nSPS) is 12.5. The summed E-state index contributed by atoms with van der Waals surface area (Å²) >= 11 is 0. The Hall–Kier alpha value is -1.32. The van der Waals surface area contributed by atoms with Crippen molar-refractivity contribution in [3.05, 3.63) is 11.1 Å². The maximum Gasteiger partial charge on any atom is 0.334 e. The topological polar surface area (TPSA) is 52.6 Å². The molecule has 0 saturated heterocycles. The molecular weight excluding hydrogens is 340 g/mol. The fourth-order valence-corrected chi connectivity index (χ4v) is 2.73. The second-order valence-electron chi connectivity index (χ2n) is 8.48. The lowest BCUT2D eigenvalue weighted by atomic mass is 9.85. The molecule has 0 aromatic heterocycles. The average molecular weight is 383 g/mol. The molecule has 0 radical (unpaired) electrons. The molecule has 0 aromatic carbocycles. The first-order valence-corrected chi connectivity index (χ1v) is 10.8. The highest BCUT2D eigenvalue weighted by Crippen LogP contribution is 2.29. The van der Waals surface area contributed by atoms with Crippen LogP contribution in [0.5, 0.6) is 0 Å². The standard InChI is InChI=1S/C23H42O4/c1-7-10-13-14-15-19(21(24)26-16-11-8-2)20(18-23(4,5)6)22(25)27-17-12-9-3/h7-18H2,1-6H3. The van der Waals surface area contributed by atoms with Gasteiger partial charge in [0.2, 0.25) is 0 Å². The lowest BCUT2D eigenvalue weighted by Crippen LogP contribution is -2.21. The van der Waals surface area contributed by atoms with Gasteiger partial charge in [-0.15, -0.1) is 0 Å². The number of carbonyl (C=O) groups excluding carboxylic acids is 2. The molecule has 0 aliphatic carbocycles. The molecule has 0 fully saturated rings. The number of rotatable bonds is 14. The molecule has 0 spiro atoms. The Morgan fingerprint density at radius 2 is 1.15 bits per heavy atom. The molecule has 0 aliphatic rings. The highest BCUT2D eigenvalue weighted by Gasteiger charge is 2.27. The zero-order valence-electron chi connectivity index (χ0n) is 18.6. The first kappa shape index (κ1) is 25.7. The van der Waals surface area contributed by atoms with E-state index in [1.165, 1.54) is 0 Å². The van der Waals surface area contributed by atoms with Gasteiger partial charge in [-0.2, -0.15) is 0 Å². The van der Waals surface area contributed by atoms with E-state index in [1.54, 1.807) is 0 Å². The van der Waals surface area contributed by atoms with Crippen molar-refractivity contribution in [2.75, 3.05) is 13.2 Å². The van der Waals surface area contributed by atoms with Gasteiger partial charge in [-0.3, -0.25) is 0 Å². The fourth-order valence-electron chi connectivity index (χ4n) is 2.73. The number of ether oxygens (including phenoxy) is 2. The van der Waals surface area contributed by atoms with Gasteiger partial charge in [0.15, 0.2) is 0 Å². The third-order valence-corrected chi connectivity index (χ3v) is 4.31. The van der Waals surface area contributed by atoms with E-state index in [1.807, 2.05) is 0 Å². The van der Waals surface area contributed by atoms with Gasteiger partial charge in [-0.05, 0) is 37.5 Å². The van der Waals surface area contributed by atoms with E-state index in [0.717, 1.165) is 51.4 Å². The van der Waals surface area contributed by atoms with Crippen LogP contribution < -0.4 is 0 Å². The lowest BCUT2D eigenvalue weighted by Gasteiger charge is -2.22. The van der Waals surface area contributed by atoms with E-state index in [9.17, 15) is 9.59 Å². The van der Waals surface area contributed by atoms with Gasteiger partial charge in [0.05, 0.1) is 13.2 Å². The van der Waals surface area contributed by atoms with E-state index in [0.29, 0.717) is 37.2 Å². The summed E-state index contributed by atoms with van der Waals surface area (Å²) in [5, 5.41) is 0. The number of carbonyl (C=O) groups is 2. The van der Waals surface area contributed by atoms with Gasteiger partial charge in [0.1, 0.15) is 0 Å². The first-order chi connectivity index (χ1) is 12.8. The second-order valence-corrected chi connectivity index (χ2v) is 8.48. The quantitative estimate of drug-likeness (QED) is 0.199. The van der Waals surface area contributed by atoms with Crippen LogP contribution in [0.1, 0.15) is 106 Å². The summed E-state index contributed by atoms with van der Waals surface area (Å²) in [6.45, 7) is 13.3. The molecular formula is C23H42O4. The lowest BCUT2D eigenvalue weighted by molar-refractivity contribution is -0.143. The molecule has 27 heavy (non-hydrogen) atoms. The Labute approximate surface area is 167 Å². The van der Waals surface area contributed by atoms with Crippen molar-refractivity contribution in [3.63, 3.8) is 0 Å². The molecule has 4 nitrogen and oxygen atoms in total. The molecule has 0 heterocycles. The van der Waals surface area contributed by atoms with E-state index in [4.69, 9.17) is 9.47 Å². The van der Waals surface area contributed by atoms with Gasteiger partial charge in [-0.1, -0.05) is 73.6 Å². The largest absolute Gasteiger partial charge is 0.462 e. The van der Waals surface area contributed by atoms with Crippen molar-refractivity contribution in [1.29, 1.82) is 0 Å². The molecule has 0 unspecified atom stereocenters. The monoisotopic (exact) mass is 382 g/mol. The second kappa shape index (κ2) is 14.7. The maximum atomic E-state index is 12.8. The zero-order valence-corrected chi connectivity index (χ0v) is 18.6. The molecule has 0 aliphatic heterocycles. The van der Waals surface area contributed by atoms with Gasteiger partial charge in [0, 0.05) is 11.1 Å². The van der Waals surface area contributed by atoms with Gasteiger partial charge >= 0.3 is 11.9 Å². The minimum atomic E-state index is -0.351. The van der Waals surface area contributed by atoms with Crippen molar-refractivity contribution < 1.29 is 19.1 Å². The summed E-state index contributed by atoms with van der Waals surface area (Å²) < 4.78 is 10.9. The van der Waals surface area contributed by atoms with Crippen molar-refractivity contribution >= 4 is 11.9 Å². The molecule has 158 valence electrons. The van der Waals surface area contributed by atoms with Crippen molar-refractivity contribution in [3.8, 4) is 0 Å². The fraction of sp³-hybridized carbons (Fsp3) is 0.826. The van der Waals surface area contributed by atoms with E-state index in [2.05, 4.69) is 41.5 Å². The molecule has 0 bridgehead atoms. The molecule has 0 atom stereocenters. The predicted molar refractivity (Wildman–Crippen MR) is 112 cm³/mol. The van der Waals surface area contributed by atoms with Crippen molar-refractivity contribution in [2.24, 2.45) is 5.41 Å². The van der Waals surface area contributed by atoms with Crippen molar-refractivity contribution in [1.82, 2.24) is 0 Å². The van der Waals surface area contributed by atoms with E-state index in [-0.39, 0.29) is 17.4 Å². The summed E-state index contributed by atoms with van der Waals surface area (Å²) in [5.74, 6) is -0.692. The number of esters is 2. The van der Waals surface area contributed by atoms with Gasteiger partial charge < -0.3 is 9.47 Å². The third-order valence-electron chi connectivity index (χ3n) is 4.31. The Balaban J connectivity index is 5.54. The Morgan fingerprint density at radius 3 is 1.59 bits per heavy atom. The highest BCUT2D eigenvalue weighted by molar-refractivity contribution is 6.00. The van der Waals surface area contributed by atoms with Crippen LogP contribution in [-0.2, 0) is 19.1 Å². The summed E-state index contributed by atoms with van der Waals surface area (Å²) in [4.78, 5) is 25.5. The van der Waals surface area contributed by atoms with Crippen LogP contribution in [-0.4, -0.2) is 25.2 Å². The third kappa shape index (κ3) is 12.6. The Bertz CT molecular complexity index is 457. The molecule has 4 heteroatoms. The van der Waals surface area contributed by atoms with Crippen LogP contribution in [0, 0.1) is 5.41 Å². The van der Waals surface area contributed by atoms with Crippen LogP contribution in [0.4, 0.5) is 0 Å². The number of hydrogen-bond acceptors (Lipinski definition) is 4. The van der Waals surface area contributed by atoms with Gasteiger partial charge in [0.25, 0.3) is 0 Å². The smallest absolute Gasteiger partial charge is 0.334 e. The Kier molecular flexibility index (Phi) is 14.0. The van der Waals surface area contributed by atoms with Crippen LogP contribution in [0.3, 0.4) is 0 Å². The van der Waals surface area contributed by atoms with Gasteiger partial charge in [-0.25, -0.2) is 9.59 Å². The highest BCUT2D eigenvalue weighted by atomic mass is 16.5. The van der Waals surface area contributed by atoms with Crippen molar-refractivity contribution in [2.45, 2.75) is 106 Å². The summed E-state index contributed by atoms with van der Waals surface area (Å²) in [6.07, 6.45) is 8.92. The minimum Gasteiger partial charge on any atom is -0.462 e. The number of hydrogen-bond donors (Lipinski definition) is 0. The summed E-state index contributed by atoms with van der Waals surface area (Å²) in [5.41, 5.74) is 0.924. The van der Waals surface area contributed by atoms with Crippen LogP contribution >= 0.6 is 0 Å². The average Bonchev–Trinajstić information content (AvgIpc) is 2.59. The Morgan fingerprint density at radius 1 is 0.667 bits per heavy atom. The van der Waals surface area contributed by atoms with Crippen LogP contribution in [0.15, 0.2) is 11.1 Å². The molecule has 0 aromatic rings. The predicted octanol–water partition coefficient (Wildman–Crippen LogP) is 6.38. The van der Waals surface area contributed by atoms with Crippen LogP contribution in [0.2, 0.25) is 0 Å². The molecule has 0 amide bonds. The summed E-state index contributed by atoms with van der Waals surface area (Å²) in [6, 6.07) is 0. The molecule has 0 N–H and O–H groups in total. The molecule has 0 rings (SSSR count). The molecule has 0 saturated carbocycles. The maximum absolute atomic E-state index is 12.8. The summed E-state index contributed by atoms with van der Waals surface area (Å²) in [7, 11) is 0. The first-order valence-electron chi connectivity index (χ1n) is 10.8. The number of unbranched alkanes of at least 4 members (excludes halogenated alkanes) is 5. The van der Waals surface area contributed by atoms with Crippen LogP contribution in [0.25, 0.3) is 0 Å². The van der Waals surface area contributed by atoms with E-state index < -0.39 is 0 Å². The zero-order chi connectivity index (χ0) is 20.7. The minimum absolute atomic E-state index is 0.114. The SMILES string of the molecule is CCCCCCC(C(=O)OCCCC)=C(CC(C)(C)C)C(=O)OCCCC.